The molecule has 1 amide bonds. The van der Waals surface area contributed by atoms with E-state index in [1.807, 2.05) is 0 Å². The Hall–Kier alpha value is -2.26. The Morgan fingerprint density at radius 1 is 1.23 bits per heavy atom. The number of anilines is 1. The highest BCUT2D eigenvalue weighted by molar-refractivity contribution is 7.92. The second kappa shape index (κ2) is 8.41. The van der Waals surface area contributed by atoms with Crippen LogP contribution in [0, 0.1) is 0 Å². The van der Waals surface area contributed by atoms with Gasteiger partial charge in [-0.2, -0.15) is 0 Å². The van der Waals surface area contributed by atoms with Crippen LogP contribution in [0.25, 0.3) is 0 Å². The standard InChI is InChI=1S/C17H20N2O5S2/c1-4-24-16(21)14-10-25-17(18-14)19-15(20)9-12-5-7-13(8-6-12)26(22,23)11(2)3/h5-8,10-11H,4,9H2,1-3H3,(H,18,19,20). The van der Waals surface area contributed by atoms with Crippen molar-refractivity contribution in [3.8, 4) is 0 Å². The molecule has 0 spiro atoms. The van der Waals surface area contributed by atoms with E-state index in [0.717, 1.165) is 11.3 Å². The van der Waals surface area contributed by atoms with Crippen molar-refractivity contribution in [3.63, 3.8) is 0 Å². The van der Waals surface area contributed by atoms with Crippen LogP contribution in [-0.2, 0) is 25.8 Å². The number of thiazole rings is 1. The Balaban J connectivity index is 1.99. The van der Waals surface area contributed by atoms with Gasteiger partial charge in [-0.15, -0.1) is 11.3 Å². The van der Waals surface area contributed by atoms with Crippen molar-refractivity contribution in [1.82, 2.24) is 4.98 Å². The molecule has 0 aliphatic heterocycles. The number of benzene rings is 1. The third-order valence-corrected chi connectivity index (χ3v) is 6.40. The van der Waals surface area contributed by atoms with Gasteiger partial charge in [-0.05, 0) is 38.5 Å². The van der Waals surface area contributed by atoms with Gasteiger partial charge in [0.25, 0.3) is 0 Å². The number of sulfone groups is 1. The molecule has 1 heterocycles. The van der Waals surface area contributed by atoms with Crippen LogP contribution in [-0.4, -0.2) is 37.1 Å². The lowest BCUT2D eigenvalue weighted by atomic mass is 10.1. The van der Waals surface area contributed by atoms with E-state index < -0.39 is 21.1 Å². The highest BCUT2D eigenvalue weighted by Crippen LogP contribution is 2.18. The van der Waals surface area contributed by atoms with Gasteiger partial charge in [-0.1, -0.05) is 12.1 Å². The van der Waals surface area contributed by atoms with Crippen molar-refractivity contribution in [2.24, 2.45) is 0 Å². The zero-order chi connectivity index (χ0) is 19.3. The van der Waals surface area contributed by atoms with E-state index >= 15 is 0 Å². The molecule has 0 saturated heterocycles. The molecule has 1 aromatic carbocycles. The molecule has 0 saturated carbocycles. The van der Waals surface area contributed by atoms with Crippen molar-refractivity contribution >= 4 is 38.2 Å². The molecule has 9 heteroatoms. The minimum Gasteiger partial charge on any atom is -0.461 e. The second-order valence-electron chi connectivity index (χ2n) is 5.72. The molecule has 7 nitrogen and oxygen atoms in total. The number of carbonyl (C=O) groups is 2. The van der Waals surface area contributed by atoms with Crippen LogP contribution in [0.15, 0.2) is 34.5 Å². The lowest BCUT2D eigenvalue weighted by Gasteiger charge is -2.08. The summed E-state index contributed by atoms with van der Waals surface area (Å²) in [6.45, 7) is 5.19. The first-order chi connectivity index (χ1) is 12.2. The Labute approximate surface area is 156 Å². The quantitative estimate of drug-likeness (QED) is 0.722. The molecule has 0 unspecified atom stereocenters. The summed E-state index contributed by atoms with van der Waals surface area (Å²) in [7, 11) is -3.33. The van der Waals surface area contributed by atoms with Crippen molar-refractivity contribution < 1.29 is 22.7 Å². The number of aromatic nitrogens is 1. The number of amides is 1. The number of rotatable bonds is 7. The number of hydrogen-bond donors (Lipinski definition) is 1. The van der Waals surface area contributed by atoms with E-state index in [2.05, 4.69) is 10.3 Å². The van der Waals surface area contributed by atoms with Gasteiger partial charge in [0.05, 0.1) is 23.2 Å². The molecule has 2 rings (SSSR count). The summed E-state index contributed by atoms with van der Waals surface area (Å²) in [4.78, 5) is 27.9. The highest BCUT2D eigenvalue weighted by Gasteiger charge is 2.19. The van der Waals surface area contributed by atoms with Crippen molar-refractivity contribution in [1.29, 1.82) is 0 Å². The lowest BCUT2D eigenvalue weighted by Crippen LogP contribution is -2.16. The molecule has 1 N–H and O–H groups in total. The molecule has 0 bridgehead atoms. The van der Waals surface area contributed by atoms with Gasteiger partial charge in [-0.3, -0.25) is 4.79 Å². The fraction of sp³-hybridized carbons (Fsp3) is 0.353. The average Bonchev–Trinajstić information content (AvgIpc) is 3.04. The number of hydrogen-bond acceptors (Lipinski definition) is 7. The third kappa shape index (κ3) is 4.89. The number of esters is 1. The summed E-state index contributed by atoms with van der Waals surface area (Å²) in [5.41, 5.74) is 0.822. The Kier molecular flexibility index (Phi) is 6.49. The largest absolute Gasteiger partial charge is 0.461 e. The molecule has 2 aromatic rings. The monoisotopic (exact) mass is 396 g/mol. The lowest BCUT2D eigenvalue weighted by molar-refractivity contribution is -0.115. The maximum atomic E-state index is 12.1. The summed E-state index contributed by atoms with van der Waals surface area (Å²) in [6, 6.07) is 6.22. The predicted octanol–water partition coefficient (Wildman–Crippen LogP) is 2.68. The van der Waals surface area contributed by atoms with Crippen LogP contribution in [0.2, 0.25) is 0 Å². The predicted molar refractivity (Wildman–Crippen MR) is 99.2 cm³/mol. The van der Waals surface area contributed by atoms with Gasteiger partial charge < -0.3 is 10.1 Å². The molecule has 0 atom stereocenters. The first-order valence-electron chi connectivity index (χ1n) is 7.99. The fourth-order valence-corrected chi connectivity index (χ4v) is 3.80. The number of carbonyl (C=O) groups excluding carboxylic acids is 2. The molecule has 1 aromatic heterocycles. The molecular weight excluding hydrogens is 376 g/mol. The summed E-state index contributed by atoms with van der Waals surface area (Å²) < 4.78 is 29.0. The Morgan fingerprint density at radius 3 is 2.46 bits per heavy atom. The van der Waals surface area contributed by atoms with Gasteiger partial charge in [0.2, 0.25) is 5.91 Å². The molecule has 0 aliphatic carbocycles. The third-order valence-electron chi connectivity index (χ3n) is 3.47. The Morgan fingerprint density at radius 2 is 1.88 bits per heavy atom. The molecule has 0 aliphatic rings. The smallest absolute Gasteiger partial charge is 0.357 e. The maximum Gasteiger partial charge on any atom is 0.357 e. The van der Waals surface area contributed by atoms with Crippen LogP contribution >= 0.6 is 11.3 Å². The minimum absolute atomic E-state index is 0.0658. The van der Waals surface area contributed by atoms with Crippen molar-refractivity contribution in [3.05, 3.63) is 40.9 Å². The van der Waals surface area contributed by atoms with E-state index in [9.17, 15) is 18.0 Å². The SMILES string of the molecule is CCOC(=O)c1csc(NC(=O)Cc2ccc(S(=O)(=O)C(C)C)cc2)n1. The van der Waals surface area contributed by atoms with Crippen LogP contribution in [0.5, 0.6) is 0 Å². The fourth-order valence-electron chi connectivity index (χ4n) is 2.05. The van der Waals surface area contributed by atoms with Crippen molar-refractivity contribution in [2.45, 2.75) is 37.3 Å². The van der Waals surface area contributed by atoms with Crippen molar-refractivity contribution in [2.75, 3.05) is 11.9 Å². The molecular formula is C17H20N2O5S2. The van der Waals surface area contributed by atoms with Gasteiger partial charge in [0, 0.05) is 5.38 Å². The first-order valence-corrected chi connectivity index (χ1v) is 10.4. The minimum atomic E-state index is -3.33. The van der Waals surface area contributed by atoms with Gasteiger partial charge >= 0.3 is 5.97 Å². The van der Waals surface area contributed by atoms with Gasteiger partial charge in [0.15, 0.2) is 20.7 Å². The first kappa shape index (κ1) is 20.1. The second-order valence-corrected chi connectivity index (χ2v) is 9.08. The molecule has 140 valence electrons. The van der Waals surface area contributed by atoms with Crippen LogP contribution < -0.4 is 5.32 Å². The molecule has 26 heavy (non-hydrogen) atoms. The molecule has 0 fully saturated rings. The van der Waals surface area contributed by atoms with E-state index in [1.54, 1.807) is 32.9 Å². The number of nitrogens with zero attached hydrogens (tertiary/aromatic N) is 1. The van der Waals surface area contributed by atoms with E-state index in [-0.39, 0.29) is 29.5 Å². The zero-order valence-corrected chi connectivity index (χ0v) is 16.3. The van der Waals surface area contributed by atoms with Crippen LogP contribution in [0.4, 0.5) is 5.13 Å². The Bertz CT molecular complexity index is 886. The number of ether oxygens (including phenoxy) is 1. The maximum absolute atomic E-state index is 12.1. The van der Waals surface area contributed by atoms with Gasteiger partial charge in [-0.25, -0.2) is 18.2 Å². The highest BCUT2D eigenvalue weighted by atomic mass is 32.2. The van der Waals surface area contributed by atoms with Crippen LogP contribution in [0.3, 0.4) is 0 Å². The van der Waals surface area contributed by atoms with Crippen LogP contribution in [0.1, 0.15) is 36.8 Å². The zero-order valence-electron chi connectivity index (χ0n) is 14.7. The van der Waals surface area contributed by atoms with E-state index in [0.29, 0.717) is 10.7 Å². The summed E-state index contributed by atoms with van der Waals surface area (Å²) in [5.74, 6) is -0.847. The normalized spacial score (nSPS) is 11.4. The molecule has 0 radical (unpaired) electrons. The van der Waals surface area contributed by atoms with Gasteiger partial charge in [0.1, 0.15) is 0 Å². The summed E-state index contributed by atoms with van der Waals surface area (Å²) >= 11 is 1.13. The summed E-state index contributed by atoms with van der Waals surface area (Å²) in [5, 5.41) is 3.92. The van der Waals surface area contributed by atoms with E-state index in [1.165, 1.54) is 17.5 Å². The summed E-state index contributed by atoms with van der Waals surface area (Å²) in [6.07, 6.45) is 0.0658. The topological polar surface area (TPSA) is 102 Å². The van der Waals surface area contributed by atoms with E-state index in [4.69, 9.17) is 4.74 Å². The average molecular weight is 396 g/mol. The number of nitrogens with one attached hydrogen (secondary N) is 1.